The smallest absolute Gasteiger partial charge is 0.437 e. The van der Waals surface area contributed by atoms with E-state index in [1.165, 1.54) is 13.8 Å². The average Bonchev–Trinajstić information content (AvgIpc) is 3.54. The number of carbonyl (C=O) groups is 4. The Hall–Kier alpha value is -3.68. The topological polar surface area (TPSA) is 114 Å². The highest BCUT2D eigenvalue weighted by molar-refractivity contribution is 5.89. The number of ether oxygens (including phenoxy) is 5. The SMILES string of the molecule is C=C(C)C(=O)OC(CC(C)C)CC(O/C=C(\C)C(=O)OC1C2CC3C1OC(=O)C3C2C(=O)OC(C(F)(F)F)C(F)(F)F)(C(F)(F)F)C(F)(F)F. The molecule has 50 heavy (non-hydrogen) atoms. The molecule has 1 aliphatic heterocycles. The minimum absolute atomic E-state index is 0.240. The van der Waals surface area contributed by atoms with Gasteiger partial charge in [0.2, 0.25) is 0 Å². The van der Waals surface area contributed by atoms with Crippen LogP contribution in [0.2, 0.25) is 0 Å². The molecule has 3 fully saturated rings. The highest BCUT2D eigenvalue weighted by Crippen LogP contribution is 2.59. The van der Waals surface area contributed by atoms with E-state index < -0.39 is 127 Å². The van der Waals surface area contributed by atoms with Gasteiger partial charge in [-0.1, -0.05) is 20.4 Å². The molecule has 9 nitrogen and oxygen atoms in total. The molecule has 0 aromatic carbocycles. The minimum Gasteiger partial charge on any atom is -0.476 e. The van der Waals surface area contributed by atoms with Gasteiger partial charge in [0.1, 0.15) is 18.3 Å². The van der Waals surface area contributed by atoms with Crippen LogP contribution < -0.4 is 0 Å². The molecule has 284 valence electrons. The molecule has 0 amide bonds. The van der Waals surface area contributed by atoms with Crippen molar-refractivity contribution >= 4 is 23.9 Å². The highest BCUT2D eigenvalue weighted by Gasteiger charge is 2.74. The normalized spacial score (nSPS) is 26.2. The number of hydrogen-bond acceptors (Lipinski definition) is 9. The van der Waals surface area contributed by atoms with Crippen LogP contribution in [0.3, 0.4) is 0 Å². The maximum Gasteiger partial charge on any atom is 0.437 e. The van der Waals surface area contributed by atoms with Crippen molar-refractivity contribution in [2.24, 2.45) is 29.6 Å². The fraction of sp³-hybridized carbons (Fsp3) is 0.724. The van der Waals surface area contributed by atoms with Gasteiger partial charge in [-0.25, -0.2) is 9.59 Å². The van der Waals surface area contributed by atoms with Gasteiger partial charge in [0.25, 0.3) is 6.10 Å². The molecule has 0 aromatic heterocycles. The molecule has 2 aliphatic carbocycles. The first-order valence-corrected chi connectivity index (χ1v) is 14.6. The number of alkyl halides is 12. The molecule has 7 atom stereocenters. The Morgan fingerprint density at radius 2 is 1.42 bits per heavy atom. The predicted molar refractivity (Wildman–Crippen MR) is 139 cm³/mol. The second-order valence-corrected chi connectivity index (χ2v) is 12.7. The second-order valence-electron chi connectivity index (χ2n) is 12.7. The fourth-order valence-electron chi connectivity index (χ4n) is 6.28. The van der Waals surface area contributed by atoms with Crippen LogP contribution in [-0.4, -0.2) is 78.6 Å². The summed E-state index contributed by atoms with van der Waals surface area (Å²) in [6.45, 7) is 7.80. The van der Waals surface area contributed by atoms with Gasteiger partial charge in [0, 0.05) is 23.8 Å². The van der Waals surface area contributed by atoms with E-state index in [1.807, 2.05) is 0 Å². The molecular weight excluding hydrogens is 720 g/mol. The van der Waals surface area contributed by atoms with Crippen LogP contribution in [0.4, 0.5) is 52.7 Å². The minimum atomic E-state index is -6.24. The van der Waals surface area contributed by atoms with Gasteiger partial charge < -0.3 is 23.7 Å². The zero-order valence-corrected chi connectivity index (χ0v) is 26.3. The van der Waals surface area contributed by atoms with Crippen LogP contribution in [0.5, 0.6) is 0 Å². The first kappa shape index (κ1) is 40.7. The van der Waals surface area contributed by atoms with E-state index in [9.17, 15) is 71.9 Å². The van der Waals surface area contributed by atoms with Crippen molar-refractivity contribution in [2.45, 2.75) is 102 Å². The Labute approximate surface area is 275 Å². The molecular formula is C29H30F12O9. The van der Waals surface area contributed by atoms with Crippen molar-refractivity contribution in [1.82, 2.24) is 0 Å². The Morgan fingerprint density at radius 3 is 1.88 bits per heavy atom. The summed E-state index contributed by atoms with van der Waals surface area (Å²) in [5, 5.41) is 0. The summed E-state index contributed by atoms with van der Waals surface area (Å²) in [5.74, 6) is -13.1. The van der Waals surface area contributed by atoms with E-state index in [0.717, 1.165) is 6.92 Å². The van der Waals surface area contributed by atoms with E-state index in [2.05, 4.69) is 16.1 Å². The third-order valence-corrected chi connectivity index (χ3v) is 8.44. The van der Waals surface area contributed by atoms with Crippen LogP contribution in [0.15, 0.2) is 24.0 Å². The summed E-state index contributed by atoms with van der Waals surface area (Å²) in [7, 11) is 0. The number of halogens is 12. The molecule has 1 saturated heterocycles. The van der Waals surface area contributed by atoms with Crippen molar-refractivity contribution in [1.29, 1.82) is 0 Å². The first-order valence-electron chi connectivity index (χ1n) is 14.6. The third kappa shape index (κ3) is 8.10. The summed E-state index contributed by atoms with van der Waals surface area (Å²) < 4.78 is 187. The summed E-state index contributed by atoms with van der Waals surface area (Å²) >= 11 is 0. The number of esters is 4. The molecule has 7 unspecified atom stereocenters. The molecule has 3 aliphatic rings. The summed E-state index contributed by atoms with van der Waals surface area (Å²) in [6.07, 6.45) is -37.6. The molecule has 2 saturated carbocycles. The first-order chi connectivity index (χ1) is 22.5. The van der Waals surface area contributed by atoms with E-state index >= 15 is 0 Å². The zero-order valence-electron chi connectivity index (χ0n) is 26.3. The van der Waals surface area contributed by atoms with Gasteiger partial charge in [-0.05, 0) is 32.6 Å². The molecule has 0 spiro atoms. The van der Waals surface area contributed by atoms with Gasteiger partial charge >= 0.3 is 54.2 Å². The Morgan fingerprint density at radius 1 is 0.880 bits per heavy atom. The average molecular weight is 751 g/mol. The number of hydrogen-bond donors (Lipinski definition) is 0. The number of carbonyl (C=O) groups excluding carboxylic acids is 4. The second kappa shape index (κ2) is 13.8. The molecule has 0 radical (unpaired) electrons. The Kier molecular flexibility index (Phi) is 11.2. The van der Waals surface area contributed by atoms with Crippen molar-refractivity contribution in [3.8, 4) is 0 Å². The quantitative estimate of drug-likeness (QED) is 0.0731. The van der Waals surface area contributed by atoms with Crippen LogP contribution in [-0.2, 0) is 42.9 Å². The standard InChI is InChI=1S/C29H30F12O9/c1-10(2)6-13(47-20(42)11(3)4)8-25(28(36,37)38,29(39,40)41)46-9-12(5)21(43)48-18-15-7-14-16(22(44)49-19(14)18)17(15)23(45)50-24(26(30,31)32)27(33,34)35/h9-10,13-19,24H,3,6-8H2,1-2,4-5H3/b12-9+. The highest BCUT2D eigenvalue weighted by atomic mass is 19.4. The van der Waals surface area contributed by atoms with Crippen LogP contribution in [0, 0.1) is 29.6 Å². The van der Waals surface area contributed by atoms with Gasteiger partial charge in [0.15, 0.2) is 0 Å². The van der Waals surface area contributed by atoms with Gasteiger partial charge in [0.05, 0.1) is 23.7 Å². The van der Waals surface area contributed by atoms with Crippen molar-refractivity contribution in [3.63, 3.8) is 0 Å². The molecule has 0 aromatic rings. The summed E-state index contributed by atoms with van der Waals surface area (Å²) in [4.78, 5) is 50.0. The third-order valence-electron chi connectivity index (χ3n) is 8.44. The monoisotopic (exact) mass is 750 g/mol. The van der Waals surface area contributed by atoms with E-state index in [1.54, 1.807) is 0 Å². The van der Waals surface area contributed by atoms with Gasteiger partial charge in [-0.15, -0.1) is 0 Å². The van der Waals surface area contributed by atoms with E-state index in [4.69, 9.17) is 14.2 Å². The molecule has 2 bridgehead atoms. The van der Waals surface area contributed by atoms with Crippen LogP contribution >= 0.6 is 0 Å². The Bertz CT molecular complexity index is 1350. The van der Waals surface area contributed by atoms with Crippen LogP contribution in [0.1, 0.15) is 47.0 Å². The number of rotatable bonds is 12. The van der Waals surface area contributed by atoms with Crippen LogP contribution in [0.25, 0.3) is 0 Å². The molecule has 0 N–H and O–H groups in total. The molecule has 1 heterocycles. The Balaban J connectivity index is 1.89. The summed E-state index contributed by atoms with van der Waals surface area (Å²) in [6, 6.07) is 0. The van der Waals surface area contributed by atoms with E-state index in [-0.39, 0.29) is 18.3 Å². The molecule has 3 rings (SSSR count). The lowest BCUT2D eigenvalue weighted by atomic mass is 9.78. The summed E-state index contributed by atoms with van der Waals surface area (Å²) in [5.41, 5.74) is -6.47. The van der Waals surface area contributed by atoms with Gasteiger partial charge in [-0.3, -0.25) is 9.59 Å². The largest absolute Gasteiger partial charge is 0.476 e. The molecule has 21 heteroatoms. The lowest BCUT2D eigenvalue weighted by Gasteiger charge is -2.38. The van der Waals surface area contributed by atoms with E-state index in [0.29, 0.717) is 6.92 Å². The maximum absolute atomic E-state index is 14.3. The lowest BCUT2D eigenvalue weighted by molar-refractivity contribution is -0.374. The zero-order chi connectivity index (χ0) is 38.5. The van der Waals surface area contributed by atoms with Crippen molar-refractivity contribution < 1.29 is 95.5 Å². The number of fused-ring (bicyclic) bond motifs is 1. The predicted octanol–water partition coefficient (Wildman–Crippen LogP) is 6.45. The van der Waals surface area contributed by atoms with Crippen molar-refractivity contribution in [2.75, 3.05) is 0 Å². The maximum atomic E-state index is 14.3. The lowest BCUT2D eigenvalue weighted by Crippen LogP contribution is -2.60. The van der Waals surface area contributed by atoms with Gasteiger partial charge in [-0.2, -0.15) is 52.7 Å². The van der Waals surface area contributed by atoms with Crippen molar-refractivity contribution in [3.05, 3.63) is 24.0 Å². The fourth-order valence-corrected chi connectivity index (χ4v) is 6.28.